The van der Waals surface area contributed by atoms with Gasteiger partial charge in [0.15, 0.2) is 0 Å². The smallest absolute Gasteiger partial charge is 0.328 e. The molecular weight excluding hydrogens is 444 g/mol. The topological polar surface area (TPSA) is 46.5 Å². The third kappa shape index (κ3) is 5.61. The summed E-state index contributed by atoms with van der Waals surface area (Å²) in [5.74, 6) is 0.559. The van der Waals surface area contributed by atoms with Crippen LogP contribution in [0.25, 0.3) is 11.1 Å². The highest BCUT2D eigenvalue weighted by atomic mass is 16.5. The summed E-state index contributed by atoms with van der Waals surface area (Å²) in [5, 5.41) is 9.02. The molecule has 0 amide bonds. The zero-order valence-corrected chi connectivity index (χ0v) is 22.7. The Morgan fingerprint density at radius 2 is 1.83 bits per heavy atom. The highest BCUT2D eigenvalue weighted by Gasteiger charge is 2.50. The van der Waals surface area contributed by atoms with Crippen LogP contribution in [0, 0.1) is 5.92 Å². The van der Waals surface area contributed by atoms with Crippen LogP contribution in [-0.2, 0) is 22.0 Å². The molecule has 3 nitrogen and oxygen atoms in total. The molecule has 2 unspecified atom stereocenters. The number of aliphatic carboxylic acids is 1. The lowest BCUT2D eigenvalue weighted by molar-refractivity contribution is -0.131. The van der Waals surface area contributed by atoms with Gasteiger partial charge in [-0.15, -0.1) is 0 Å². The van der Waals surface area contributed by atoms with E-state index in [2.05, 4.69) is 70.2 Å². The van der Waals surface area contributed by atoms with Gasteiger partial charge in [-0.25, -0.2) is 4.79 Å². The summed E-state index contributed by atoms with van der Waals surface area (Å²) < 4.78 is 6.37. The summed E-state index contributed by atoms with van der Waals surface area (Å²) in [6.07, 6.45) is 14.0. The maximum absolute atomic E-state index is 11.0. The van der Waals surface area contributed by atoms with Gasteiger partial charge in [-0.3, -0.25) is 0 Å². The van der Waals surface area contributed by atoms with Crippen molar-refractivity contribution in [1.29, 1.82) is 0 Å². The molecule has 1 aliphatic carbocycles. The van der Waals surface area contributed by atoms with Crippen molar-refractivity contribution in [3.05, 3.63) is 76.9 Å². The van der Waals surface area contributed by atoms with Crippen molar-refractivity contribution in [2.75, 3.05) is 6.61 Å². The Balaban J connectivity index is 1.68. The fourth-order valence-corrected chi connectivity index (χ4v) is 5.59. The number of carbonyl (C=O) groups is 1. The van der Waals surface area contributed by atoms with E-state index in [1.54, 1.807) is 0 Å². The van der Waals surface area contributed by atoms with Crippen molar-refractivity contribution >= 4 is 5.97 Å². The molecule has 1 saturated carbocycles. The van der Waals surface area contributed by atoms with Crippen LogP contribution in [0.5, 0.6) is 5.75 Å². The second-order valence-corrected chi connectivity index (χ2v) is 11.7. The summed E-state index contributed by atoms with van der Waals surface area (Å²) in [5.41, 5.74) is 7.43. The van der Waals surface area contributed by atoms with Crippen molar-refractivity contribution in [3.63, 3.8) is 0 Å². The minimum absolute atomic E-state index is 0.0212. The number of hydrogen-bond acceptors (Lipinski definition) is 2. The molecule has 3 heteroatoms. The molecule has 36 heavy (non-hydrogen) atoms. The van der Waals surface area contributed by atoms with Crippen LogP contribution < -0.4 is 4.74 Å². The average molecular weight is 487 g/mol. The fraction of sp³-hybridized carbons (Fsp3) is 0.485. The number of hydrogen-bond donors (Lipinski definition) is 1. The molecule has 0 radical (unpaired) electrons. The largest absolute Gasteiger partial charge is 0.492 e. The van der Waals surface area contributed by atoms with Gasteiger partial charge in [-0.1, -0.05) is 95.9 Å². The number of carboxylic acid groups (broad SMARTS) is 1. The average Bonchev–Trinajstić information content (AvgIpc) is 3.41. The Bertz CT molecular complexity index is 1170. The minimum Gasteiger partial charge on any atom is -0.492 e. The quantitative estimate of drug-likeness (QED) is 0.197. The van der Waals surface area contributed by atoms with Crippen LogP contribution in [0.4, 0.5) is 0 Å². The number of carboxylic acids is 1. The highest BCUT2D eigenvalue weighted by Crippen LogP contribution is 2.57. The van der Waals surface area contributed by atoms with E-state index in [1.807, 2.05) is 13.0 Å². The third-order valence-electron chi connectivity index (χ3n) is 8.16. The Kier molecular flexibility index (Phi) is 7.78. The van der Waals surface area contributed by atoms with Crippen LogP contribution in [-0.4, -0.2) is 17.7 Å². The first kappa shape index (κ1) is 26.3. The molecule has 1 aliphatic heterocycles. The van der Waals surface area contributed by atoms with Crippen LogP contribution in [0.15, 0.2) is 60.2 Å². The second kappa shape index (κ2) is 10.7. The van der Waals surface area contributed by atoms with Crippen LogP contribution in [0.3, 0.4) is 0 Å². The molecular formula is C33H42O3. The standard InChI is InChI=1S/C33H42O3/c1-6-7-8-9-10-13-24-14-11-12-15-27(24)28-19-26(20-29-31(28)36-22-32(29,3)4)33(5)21-25(33)17-16-23(2)18-30(34)35/h11-12,14-20,25H,6-10,13,21-22H2,1-5H3,(H,34,35)/b17-16+,23-18+. The van der Waals surface area contributed by atoms with Crippen LogP contribution >= 0.6 is 0 Å². The zero-order valence-electron chi connectivity index (χ0n) is 22.7. The van der Waals surface area contributed by atoms with E-state index in [-0.39, 0.29) is 10.8 Å². The van der Waals surface area contributed by atoms with Crippen molar-refractivity contribution in [2.45, 2.75) is 90.4 Å². The van der Waals surface area contributed by atoms with E-state index in [1.165, 1.54) is 66.0 Å². The molecule has 0 aromatic heterocycles. The molecule has 4 rings (SSSR count). The third-order valence-corrected chi connectivity index (χ3v) is 8.16. The molecule has 0 bridgehead atoms. The van der Waals surface area contributed by atoms with Gasteiger partial charge in [0.05, 0.1) is 6.61 Å². The Morgan fingerprint density at radius 3 is 2.58 bits per heavy atom. The summed E-state index contributed by atoms with van der Waals surface area (Å²) in [4.78, 5) is 11.0. The summed E-state index contributed by atoms with van der Waals surface area (Å²) in [6.45, 7) is 11.7. The van der Waals surface area contributed by atoms with Gasteiger partial charge in [0.25, 0.3) is 0 Å². The lowest BCUT2D eigenvalue weighted by Gasteiger charge is -2.21. The Hall–Kier alpha value is -2.81. The van der Waals surface area contributed by atoms with Gasteiger partial charge in [0.2, 0.25) is 0 Å². The zero-order chi connectivity index (χ0) is 25.9. The van der Waals surface area contributed by atoms with Gasteiger partial charge in [0.1, 0.15) is 5.75 Å². The van der Waals surface area contributed by atoms with E-state index in [4.69, 9.17) is 9.84 Å². The minimum atomic E-state index is -0.898. The van der Waals surface area contributed by atoms with Crippen molar-refractivity contribution in [1.82, 2.24) is 0 Å². The first-order chi connectivity index (χ1) is 17.2. The SMILES string of the molecule is CCCCCCCc1ccccc1-c1cc(C2(C)CC2/C=C/C(C)=C/C(=O)O)cc2c1OCC2(C)C. The number of ether oxygens (including phenoxy) is 1. The first-order valence-corrected chi connectivity index (χ1v) is 13.6. The first-order valence-electron chi connectivity index (χ1n) is 13.6. The molecule has 2 aliphatic rings. The van der Waals surface area contributed by atoms with Crippen LogP contribution in [0.2, 0.25) is 0 Å². The second-order valence-electron chi connectivity index (χ2n) is 11.7. The summed E-state index contributed by atoms with van der Waals surface area (Å²) in [6, 6.07) is 13.6. The highest BCUT2D eigenvalue weighted by molar-refractivity contribution is 5.81. The summed E-state index contributed by atoms with van der Waals surface area (Å²) in [7, 11) is 0. The molecule has 1 N–H and O–H groups in total. The number of allylic oxidation sites excluding steroid dienone is 3. The van der Waals surface area contributed by atoms with Gasteiger partial charge >= 0.3 is 5.97 Å². The number of fused-ring (bicyclic) bond motifs is 1. The molecule has 1 fully saturated rings. The lowest BCUT2D eigenvalue weighted by atomic mass is 9.80. The maximum atomic E-state index is 11.0. The number of benzene rings is 2. The summed E-state index contributed by atoms with van der Waals surface area (Å²) >= 11 is 0. The van der Waals surface area contributed by atoms with Crippen LogP contribution in [0.1, 0.15) is 89.8 Å². The van der Waals surface area contributed by atoms with Gasteiger partial charge in [-0.2, -0.15) is 0 Å². The lowest BCUT2D eigenvalue weighted by Crippen LogP contribution is -2.18. The normalized spacial score (nSPS) is 22.5. The molecule has 0 saturated heterocycles. The Labute approximate surface area is 217 Å². The van der Waals surface area contributed by atoms with Gasteiger partial charge in [-0.05, 0) is 65.8 Å². The van der Waals surface area contributed by atoms with Crippen molar-refractivity contribution < 1.29 is 14.6 Å². The molecule has 0 spiro atoms. The molecule has 1 heterocycles. The van der Waals surface area contributed by atoms with Crippen molar-refractivity contribution in [2.24, 2.45) is 5.92 Å². The van der Waals surface area contributed by atoms with Gasteiger partial charge < -0.3 is 9.84 Å². The van der Waals surface area contributed by atoms with E-state index in [9.17, 15) is 4.79 Å². The van der Waals surface area contributed by atoms with Gasteiger partial charge in [0, 0.05) is 22.6 Å². The Morgan fingerprint density at radius 1 is 1.08 bits per heavy atom. The van der Waals surface area contributed by atoms with E-state index in [0.29, 0.717) is 12.5 Å². The molecule has 2 atom stereocenters. The van der Waals surface area contributed by atoms with E-state index >= 15 is 0 Å². The monoisotopic (exact) mass is 486 g/mol. The van der Waals surface area contributed by atoms with E-state index < -0.39 is 5.97 Å². The number of unbranched alkanes of at least 4 members (excludes halogenated alkanes) is 4. The predicted molar refractivity (Wildman–Crippen MR) is 149 cm³/mol. The molecule has 2 aromatic carbocycles. The number of aryl methyl sites for hydroxylation is 1. The number of rotatable bonds is 11. The predicted octanol–water partition coefficient (Wildman–Crippen LogP) is 8.40. The van der Waals surface area contributed by atoms with E-state index in [0.717, 1.165) is 24.2 Å². The fourth-order valence-electron chi connectivity index (χ4n) is 5.59. The maximum Gasteiger partial charge on any atom is 0.328 e. The molecule has 2 aromatic rings. The van der Waals surface area contributed by atoms with Crippen molar-refractivity contribution in [3.8, 4) is 16.9 Å². The molecule has 192 valence electrons.